The number of esters is 1. The lowest BCUT2D eigenvalue weighted by Crippen LogP contribution is -2.16. The normalized spacial score (nSPS) is 11.6. The molecule has 0 amide bonds. The Hall–Kier alpha value is -1.88. The first-order chi connectivity index (χ1) is 9.67. The van der Waals surface area contributed by atoms with Crippen LogP contribution in [0.1, 0.15) is 12.0 Å². The van der Waals surface area contributed by atoms with E-state index in [1.54, 1.807) is 0 Å². The summed E-state index contributed by atoms with van der Waals surface area (Å²) >= 11 is 3.59. The van der Waals surface area contributed by atoms with Crippen molar-refractivity contribution < 1.29 is 14.7 Å². The summed E-state index contributed by atoms with van der Waals surface area (Å²) in [5, 5.41) is 14.1. The Bertz CT molecular complexity index is 667. The molecule has 1 N–H and O–H groups in total. The van der Waals surface area contributed by atoms with Crippen molar-refractivity contribution in [1.29, 1.82) is 0 Å². The molecule has 0 aliphatic heterocycles. The number of carbonyl (C=O) groups is 1. The van der Waals surface area contributed by atoms with Gasteiger partial charge in [-0.05, 0) is 38.7 Å². The number of benzene rings is 2. The number of oxime groups is 1. The van der Waals surface area contributed by atoms with Crippen molar-refractivity contribution in [3.8, 4) is 0 Å². The minimum atomic E-state index is -0.607. The number of halogens is 1. The number of hydrogen-bond acceptors (Lipinski definition) is 4. The molecule has 0 bridgehead atoms. The molecule has 20 heavy (non-hydrogen) atoms. The second-order valence-corrected chi connectivity index (χ2v) is 5.09. The summed E-state index contributed by atoms with van der Waals surface area (Å²) in [5.74, 6) is -0.607. The lowest BCUT2D eigenvalue weighted by atomic mass is 10.0. The summed E-state index contributed by atoms with van der Waals surface area (Å²) < 4.78 is 5.55. The summed E-state index contributed by atoms with van der Waals surface area (Å²) in [5.41, 5.74) is 1.07. The van der Waals surface area contributed by atoms with Gasteiger partial charge in [0.2, 0.25) is 0 Å². The Balaban J connectivity index is 2.22. The average molecular weight is 336 g/mol. The standard InChI is InChI=1S/C15H14BrNO3/c1-20-15(18)13(17-19)9-8-11-7-6-10-4-2-3-5-12(10)14(11)16/h2-7,19H,8-9H2,1H3/b17-13-. The molecule has 2 rings (SSSR count). The van der Waals surface area contributed by atoms with E-state index in [0.717, 1.165) is 20.8 Å². The summed E-state index contributed by atoms with van der Waals surface area (Å²) in [6.45, 7) is 0. The molecule has 4 nitrogen and oxygen atoms in total. The van der Waals surface area contributed by atoms with E-state index in [0.29, 0.717) is 12.8 Å². The van der Waals surface area contributed by atoms with E-state index in [1.807, 2.05) is 36.4 Å². The molecule has 104 valence electrons. The van der Waals surface area contributed by atoms with Crippen molar-refractivity contribution in [2.75, 3.05) is 7.11 Å². The van der Waals surface area contributed by atoms with Crippen LogP contribution in [-0.4, -0.2) is 24.0 Å². The van der Waals surface area contributed by atoms with Gasteiger partial charge in [0, 0.05) is 10.9 Å². The Morgan fingerprint density at radius 2 is 2.05 bits per heavy atom. The van der Waals surface area contributed by atoms with Gasteiger partial charge in [-0.1, -0.05) is 41.6 Å². The van der Waals surface area contributed by atoms with Gasteiger partial charge in [0.15, 0.2) is 5.71 Å². The van der Waals surface area contributed by atoms with Crippen molar-refractivity contribution in [3.05, 3.63) is 46.4 Å². The van der Waals surface area contributed by atoms with Gasteiger partial charge in [0.1, 0.15) is 0 Å². The molecule has 0 radical (unpaired) electrons. The third kappa shape index (κ3) is 2.99. The number of aryl methyl sites for hydroxylation is 1. The number of ether oxygens (including phenoxy) is 1. The molecule has 0 saturated heterocycles. The van der Waals surface area contributed by atoms with E-state index in [4.69, 9.17) is 5.21 Å². The van der Waals surface area contributed by atoms with Gasteiger partial charge in [-0.25, -0.2) is 4.79 Å². The van der Waals surface area contributed by atoms with E-state index < -0.39 is 5.97 Å². The second kappa shape index (κ2) is 6.52. The number of rotatable bonds is 4. The van der Waals surface area contributed by atoms with Gasteiger partial charge in [-0.3, -0.25) is 0 Å². The average Bonchev–Trinajstić information content (AvgIpc) is 2.49. The molecule has 0 atom stereocenters. The minimum absolute atomic E-state index is 0.0209. The minimum Gasteiger partial charge on any atom is -0.464 e. The molecule has 2 aromatic carbocycles. The maximum absolute atomic E-state index is 11.3. The Labute approximate surface area is 125 Å². The smallest absolute Gasteiger partial charge is 0.355 e. The zero-order valence-corrected chi connectivity index (χ0v) is 12.6. The molecule has 0 spiro atoms. The van der Waals surface area contributed by atoms with E-state index in [9.17, 15) is 4.79 Å². The van der Waals surface area contributed by atoms with Crippen LogP contribution in [0.5, 0.6) is 0 Å². The Kier molecular flexibility index (Phi) is 4.74. The van der Waals surface area contributed by atoms with Gasteiger partial charge in [-0.15, -0.1) is 0 Å². The highest BCUT2D eigenvalue weighted by Gasteiger charge is 2.14. The molecule has 0 unspecified atom stereocenters. The fraction of sp³-hybridized carbons (Fsp3) is 0.200. The van der Waals surface area contributed by atoms with Crippen molar-refractivity contribution in [1.82, 2.24) is 0 Å². The van der Waals surface area contributed by atoms with Crippen LogP contribution in [0.25, 0.3) is 10.8 Å². The Morgan fingerprint density at radius 1 is 1.30 bits per heavy atom. The van der Waals surface area contributed by atoms with Gasteiger partial charge in [0.25, 0.3) is 0 Å². The van der Waals surface area contributed by atoms with Gasteiger partial charge < -0.3 is 9.94 Å². The van der Waals surface area contributed by atoms with Gasteiger partial charge in [-0.2, -0.15) is 0 Å². The van der Waals surface area contributed by atoms with E-state index in [-0.39, 0.29) is 5.71 Å². The number of methoxy groups -OCH3 is 1. The van der Waals surface area contributed by atoms with Crippen molar-refractivity contribution >= 4 is 38.4 Å². The van der Waals surface area contributed by atoms with Crippen LogP contribution in [0.4, 0.5) is 0 Å². The van der Waals surface area contributed by atoms with Crippen molar-refractivity contribution in [2.24, 2.45) is 5.16 Å². The molecule has 0 saturated carbocycles. The highest BCUT2D eigenvalue weighted by atomic mass is 79.9. The Morgan fingerprint density at radius 3 is 2.75 bits per heavy atom. The molecule has 0 aliphatic carbocycles. The van der Waals surface area contributed by atoms with Crippen LogP contribution in [0.2, 0.25) is 0 Å². The fourth-order valence-corrected chi connectivity index (χ4v) is 2.73. The molecule has 0 aromatic heterocycles. The van der Waals surface area contributed by atoms with Crippen LogP contribution >= 0.6 is 15.9 Å². The van der Waals surface area contributed by atoms with E-state index >= 15 is 0 Å². The maximum atomic E-state index is 11.3. The SMILES string of the molecule is COC(=O)/C(CCc1ccc2ccccc2c1Br)=N\O. The topological polar surface area (TPSA) is 58.9 Å². The fourth-order valence-electron chi connectivity index (χ4n) is 2.04. The lowest BCUT2D eigenvalue weighted by Gasteiger charge is -2.08. The van der Waals surface area contributed by atoms with Crippen LogP contribution in [0.3, 0.4) is 0 Å². The monoisotopic (exact) mass is 335 g/mol. The largest absolute Gasteiger partial charge is 0.464 e. The second-order valence-electron chi connectivity index (χ2n) is 4.30. The number of carbonyl (C=O) groups excluding carboxylic acids is 1. The van der Waals surface area contributed by atoms with E-state index in [2.05, 4.69) is 25.8 Å². The number of hydrogen-bond donors (Lipinski definition) is 1. The summed E-state index contributed by atoms with van der Waals surface area (Å²) in [6.07, 6.45) is 0.903. The summed E-state index contributed by atoms with van der Waals surface area (Å²) in [4.78, 5) is 11.3. The van der Waals surface area contributed by atoms with Crippen LogP contribution < -0.4 is 0 Å². The van der Waals surface area contributed by atoms with Crippen LogP contribution in [-0.2, 0) is 16.0 Å². The first-order valence-electron chi connectivity index (χ1n) is 6.12. The highest BCUT2D eigenvalue weighted by Crippen LogP contribution is 2.28. The lowest BCUT2D eigenvalue weighted by molar-refractivity contribution is -0.133. The predicted octanol–water partition coefficient (Wildman–Crippen LogP) is 3.54. The molecule has 2 aromatic rings. The summed E-state index contributed by atoms with van der Waals surface area (Å²) in [7, 11) is 1.26. The first-order valence-corrected chi connectivity index (χ1v) is 6.92. The van der Waals surface area contributed by atoms with Crippen molar-refractivity contribution in [2.45, 2.75) is 12.8 Å². The quantitative estimate of drug-likeness (QED) is 0.402. The molecular weight excluding hydrogens is 322 g/mol. The summed E-state index contributed by atoms with van der Waals surface area (Å²) in [6, 6.07) is 12.1. The third-order valence-corrected chi connectivity index (χ3v) is 4.05. The van der Waals surface area contributed by atoms with Crippen molar-refractivity contribution in [3.63, 3.8) is 0 Å². The molecular formula is C15H14BrNO3. The molecule has 0 aliphatic rings. The predicted molar refractivity (Wildman–Crippen MR) is 81.2 cm³/mol. The highest BCUT2D eigenvalue weighted by molar-refractivity contribution is 9.10. The van der Waals surface area contributed by atoms with Crippen LogP contribution in [0.15, 0.2) is 46.0 Å². The zero-order valence-electron chi connectivity index (χ0n) is 11.0. The molecule has 0 fully saturated rings. The maximum Gasteiger partial charge on any atom is 0.355 e. The number of nitrogens with zero attached hydrogens (tertiary/aromatic N) is 1. The van der Waals surface area contributed by atoms with Gasteiger partial charge >= 0.3 is 5.97 Å². The van der Waals surface area contributed by atoms with Crippen LogP contribution in [0, 0.1) is 0 Å². The molecule has 5 heteroatoms. The zero-order chi connectivity index (χ0) is 14.5. The third-order valence-electron chi connectivity index (χ3n) is 3.12. The molecule has 0 heterocycles. The first kappa shape index (κ1) is 14.5. The van der Waals surface area contributed by atoms with E-state index in [1.165, 1.54) is 7.11 Å². The number of fused-ring (bicyclic) bond motifs is 1. The van der Waals surface area contributed by atoms with Gasteiger partial charge in [0.05, 0.1) is 7.11 Å².